The quantitative estimate of drug-likeness (QED) is 0.107. The Hall–Kier alpha value is -4.23. The molecule has 0 spiro atoms. The maximum Gasteiger partial charge on any atom is 0.326 e. The van der Waals surface area contributed by atoms with E-state index in [0.717, 1.165) is 0 Å². The first-order valence-electron chi connectivity index (χ1n) is 10.5. The highest BCUT2D eigenvalue weighted by molar-refractivity contribution is 5.86. The Bertz CT molecular complexity index is 909. The van der Waals surface area contributed by atoms with E-state index in [4.69, 9.17) is 15.1 Å². The number of hydrogen-bond acceptors (Lipinski definition) is 7. The molecule has 0 saturated heterocycles. The second kappa shape index (κ2) is 15.6. The molecule has 1 aromatic rings. The number of amides is 3. The molecular weight excluding hydrogens is 470 g/mol. The van der Waals surface area contributed by atoms with Crippen LogP contribution in [0.3, 0.4) is 0 Å². The van der Waals surface area contributed by atoms with E-state index in [9.17, 15) is 33.5 Å². The second-order valence-electron chi connectivity index (χ2n) is 7.24. The number of rotatable bonds is 16. The van der Waals surface area contributed by atoms with E-state index in [1.54, 1.807) is 0 Å². The van der Waals surface area contributed by atoms with Gasteiger partial charge in [0.1, 0.15) is 17.9 Å². The summed E-state index contributed by atoms with van der Waals surface area (Å²) in [7, 11) is 0. The molecule has 6 N–H and O–H groups in total. The monoisotopic (exact) mass is 497 g/mol. The van der Waals surface area contributed by atoms with Gasteiger partial charge < -0.3 is 36.1 Å². The summed E-state index contributed by atoms with van der Waals surface area (Å²) in [5, 5.41) is 37.2. The number of carboxylic acids is 3. The van der Waals surface area contributed by atoms with Gasteiger partial charge in [0.15, 0.2) is 6.61 Å². The summed E-state index contributed by atoms with van der Waals surface area (Å²) in [6.07, 6.45) is 1.15. The summed E-state index contributed by atoms with van der Waals surface area (Å²) in [4.78, 5) is 61.5. The Kier molecular flexibility index (Phi) is 12.8. The number of carboxylic acid groups (broad SMARTS) is 3. The summed E-state index contributed by atoms with van der Waals surface area (Å²) < 4.78 is 12.8. The summed E-state index contributed by atoms with van der Waals surface area (Å²) in [6, 6.07) is 1.61. The molecule has 0 bridgehead atoms. The highest BCUT2D eigenvalue weighted by Crippen LogP contribution is 2.03. The molecule has 1 aromatic carbocycles. The third-order valence-corrected chi connectivity index (χ3v) is 4.44. The second-order valence-corrected chi connectivity index (χ2v) is 7.24. The van der Waals surface area contributed by atoms with Gasteiger partial charge in [-0.1, -0.05) is 17.3 Å². The lowest BCUT2D eigenvalue weighted by atomic mass is 10.1. The van der Waals surface area contributed by atoms with Crippen LogP contribution in [0.15, 0.2) is 29.4 Å². The van der Waals surface area contributed by atoms with Crippen LogP contribution in [0, 0.1) is 5.82 Å². The number of hydrogen-bond donors (Lipinski definition) is 6. The predicted octanol–water partition coefficient (Wildman–Crippen LogP) is 0.533. The Morgan fingerprint density at radius 1 is 0.943 bits per heavy atom. The van der Waals surface area contributed by atoms with E-state index in [1.807, 2.05) is 5.32 Å². The summed E-state index contributed by atoms with van der Waals surface area (Å²) in [6.45, 7) is -0.150. The molecule has 0 aromatic heterocycles. The van der Waals surface area contributed by atoms with Crippen molar-refractivity contribution in [2.45, 2.75) is 44.2 Å². The van der Waals surface area contributed by atoms with Gasteiger partial charge in [-0.15, -0.1) is 0 Å². The number of benzene rings is 1. The van der Waals surface area contributed by atoms with Crippen LogP contribution in [0.5, 0.6) is 0 Å². The van der Waals surface area contributed by atoms with E-state index in [-0.39, 0.29) is 26.0 Å². The number of urea groups is 1. The van der Waals surface area contributed by atoms with Gasteiger partial charge in [-0.3, -0.25) is 9.59 Å². The molecule has 0 aliphatic rings. The molecule has 2 atom stereocenters. The van der Waals surface area contributed by atoms with E-state index in [2.05, 4.69) is 15.8 Å². The van der Waals surface area contributed by atoms with Gasteiger partial charge in [0.05, 0.1) is 6.21 Å². The van der Waals surface area contributed by atoms with Gasteiger partial charge in [0.25, 0.3) is 5.91 Å². The molecule has 2 unspecified atom stereocenters. The number of nitrogens with zero attached hydrogens (tertiary/aromatic N) is 1. The summed E-state index contributed by atoms with van der Waals surface area (Å²) >= 11 is 0. The molecule has 0 aliphatic carbocycles. The van der Waals surface area contributed by atoms with E-state index in [0.29, 0.717) is 18.4 Å². The van der Waals surface area contributed by atoms with Crippen molar-refractivity contribution in [1.82, 2.24) is 16.0 Å². The SMILES string of the molecule is O=C(O)CCC(NC(=O)NC(CCCCNC(=O)CON=Cc1ccc([18F])cc1)C(=O)O)C(=O)O. The molecule has 1 rings (SSSR count). The zero-order chi connectivity index (χ0) is 26.2. The number of oxime groups is 1. The third kappa shape index (κ3) is 13.2. The van der Waals surface area contributed by atoms with Crippen molar-refractivity contribution >= 4 is 36.1 Å². The predicted molar refractivity (Wildman–Crippen MR) is 118 cm³/mol. The summed E-state index contributed by atoms with van der Waals surface area (Å²) in [5.41, 5.74) is 0.584. The molecular formula is C21H27FN4O9. The van der Waals surface area contributed by atoms with Gasteiger partial charge in [-0.25, -0.2) is 18.8 Å². The van der Waals surface area contributed by atoms with Crippen LogP contribution in [0.4, 0.5) is 9.18 Å². The number of halogens is 1. The topological polar surface area (TPSA) is 204 Å². The number of carbonyl (C=O) groups is 5. The Labute approximate surface area is 199 Å². The van der Waals surface area contributed by atoms with Crippen molar-refractivity contribution in [1.29, 1.82) is 0 Å². The maximum absolute atomic E-state index is 12.8. The standard InChI is InChI=1S/C21H27FN4O9/c22-14-6-4-13(5-7-14)11-24-35-12-17(27)23-10-2-1-3-15(19(30)31)25-21(34)26-16(20(32)33)8-9-18(28)29/h4-7,11,15-16H,1-3,8-10,12H2,(H,23,27)(H,28,29)(H,30,31)(H,32,33)(H2,25,26,34)/i22-1. The molecule has 3 amide bonds. The van der Waals surface area contributed by atoms with Gasteiger partial charge in [0.2, 0.25) is 0 Å². The van der Waals surface area contributed by atoms with Crippen molar-refractivity contribution in [3.8, 4) is 0 Å². The van der Waals surface area contributed by atoms with Gasteiger partial charge in [0, 0.05) is 13.0 Å². The minimum Gasteiger partial charge on any atom is -0.481 e. The van der Waals surface area contributed by atoms with Gasteiger partial charge in [-0.05, 0) is 43.4 Å². The normalized spacial score (nSPS) is 12.4. The maximum atomic E-state index is 12.8. The van der Waals surface area contributed by atoms with Crippen LogP contribution in [-0.2, 0) is 24.0 Å². The van der Waals surface area contributed by atoms with Gasteiger partial charge in [-0.2, -0.15) is 0 Å². The highest BCUT2D eigenvalue weighted by atomic mass is 18.2. The van der Waals surface area contributed by atoms with Crippen molar-refractivity contribution < 1.29 is 48.5 Å². The van der Waals surface area contributed by atoms with Gasteiger partial charge >= 0.3 is 23.9 Å². The van der Waals surface area contributed by atoms with Crippen molar-refractivity contribution in [2.24, 2.45) is 5.16 Å². The molecule has 0 fully saturated rings. The zero-order valence-electron chi connectivity index (χ0n) is 18.6. The third-order valence-electron chi connectivity index (χ3n) is 4.44. The summed E-state index contributed by atoms with van der Waals surface area (Å²) in [5.74, 6) is -4.88. The number of unbranched alkanes of at least 4 members (excludes halogenated alkanes) is 1. The molecule has 192 valence electrons. The van der Waals surface area contributed by atoms with Crippen LogP contribution in [0.1, 0.15) is 37.7 Å². The van der Waals surface area contributed by atoms with Crippen molar-refractivity contribution in [3.63, 3.8) is 0 Å². The lowest BCUT2D eigenvalue weighted by molar-refractivity contribution is -0.140. The molecule has 0 heterocycles. The average Bonchev–Trinajstić information content (AvgIpc) is 2.79. The molecule has 14 heteroatoms. The number of nitrogens with one attached hydrogen (secondary N) is 3. The molecule has 0 radical (unpaired) electrons. The largest absolute Gasteiger partial charge is 0.481 e. The molecule has 0 aliphatic heterocycles. The smallest absolute Gasteiger partial charge is 0.326 e. The Morgan fingerprint density at radius 3 is 2.11 bits per heavy atom. The lowest BCUT2D eigenvalue weighted by Gasteiger charge is -2.18. The molecule has 35 heavy (non-hydrogen) atoms. The van der Waals surface area contributed by atoms with Crippen molar-refractivity contribution in [2.75, 3.05) is 13.2 Å². The van der Waals surface area contributed by atoms with Crippen LogP contribution in [0.25, 0.3) is 0 Å². The average molecular weight is 497 g/mol. The zero-order valence-corrected chi connectivity index (χ0v) is 18.6. The lowest BCUT2D eigenvalue weighted by Crippen LogP contribution is -2.51. The minimum atomic E-state index is -1.49. The van der Waals surface area contributed by atoms with Crippen LogP contribution < -0.4 is 16.0 Å². The fourth-order valence-electron chi connectivity index (χ4n) is 2.64. The van der Waals surface area contributed by atoms with E-state index >= 15 is 0 Å². The van der Waals surface area contributed by atoms with Crippen LogP contribution in [-0.4, -0.2) is 76.6 Å². The first-order valence-corrected chi connectivity index (χ1v) is 10.5. The highest BCUT2D eigenvalue weighted by Gasteiger charge is 2.24. The van der Waals surface area contributed by atoms with E-state index in [1.165, 1.54) is 30.5 Å². The number of aliphatic carboxylic acids is 3. The fraction of sp³-hybridized carbons (Fsp3) is 0.429. The molecule has 13 nitrogen and oxygen atoms in total. The fourth-order valence-corrected chi connectivity index (χ4v) is 2.64. The van der Waals surface area contributed by atoms with E-state index < -0.39 is 54.2 Å². The van der Waals surface area contributed by atoms with Crippen molar-refractivity contribution in [3.05, 3.63) is 35.6 Å². The van der Waals surface area contributed by atoms with Crippen LogP contribution >= 0.6 is 0 Å². The first-order chi connectivity index (χ1) is 16.6. The molecule has 0 saturated carbocycles. The Balaban J connectivity index is 2.29. The first kappa shape index (κ1) is 28.8. The number of carbonyl (C=O) groups excluding carboxylic acids is 2. The Morgan fingerprint density at radius 2 is 1.54 bits per heavy atom. The van der Waals surface area contributed by atoms with Crippen LogP contribution in [0.2, 0.25) is 0 Å². The minimum absolute atomic E-state index is 0.00392.